The van der Waals surface area contributed by atoms with Gasteiger partial charge in [-0.3, -0.25) is 14.6 Å². The molecule has 0 spiro atoms. The summed E-state index contributed by atoms with van der Waals surface area (Å²) >= 11 is 0. The number of carbonyl (C=O) groups excluding carboxylic acids is 1. The summed E-state index contributed by atoms with van der Waals surface area (Å²) in [6.07, 6.45) is 0. The molecule has 1 aliphatic heterocycles. The van der Waals surface area contributed by atoms with E-state index in [0.717, 1.165) is 39.3 Å². The average molecular weight is 259 g/mol. The fourth-order valence-electron chi connectivity index (χ4n) is 1.89. The van der Waals surface area contributed by atoms with Gasteiger partial charge in [0, 0.05) is 46.9 Å². The van der Waals surface area contributed by atoms with Crippen LogP contribution in [-0.2, 0) is 14.3 Å². The molecule has 0 saturated carbocycles. The second-order valence-corrected chi connectivity index (χ2v) is 4.40. The summed E-state index contributed by atoms with van der Waals surface area (Å²) in [6.45, 7) is 7.43. The Bertz CT molecular complexity index is 231. The minimum Gasteiger partial charge on any atom is -0.382 e. The van der Waals surface area contributed by atoms with Gasteiger partial charge in [-0.1, -0.05) is 0 Å². The van der Waals surface area contributed by atoms with Gasteiger partial charge in [0.2, 0.25) is 5.91 Å². The average Bonchev–Trinajstić information content (AvgIpc) is 2.40. The molecule has 0 bridgehead atoms. The Morgan fingerprint density at radius 2 is 1.78 bits per heavy atom. The number of carbonyl (C=O) groups is 1. The van der Waals surface area contributed by atoms with Crippen molar-refractivity contribution in [2.75, 3.05) is 73.2 Å². The third kappa shape index (κ3) is 6.30. The molecule has 0 aromatic carbocycles. The molecule has 1 amide bonds. The minimum absolute atomic E-state index is 0.0892. The standard InChI is InChI=1S/C12H25N3O3/c1-13-12(16)11-15-5-3-14(4-6-15)7-8-18-10-9-17-2/h3-11H2,1-2H3,(H,13,16). The van der Waals surface area contributed by atoms with Gasteiger partial charge in [0.1, 0.15) is 0 Å². The molecule has 106 valence electrons. The first kappa shape index (κ1) is 15.4. The summed E-state index contributed by atoms with van der Waals surface area (Å²) < 4.78 is 10.4. The molecule has 0 unspecified atom stereocenters. The molecular weight excluding hydrogens is 234 g/mol. The van der Waals surface area contributed by atoms with Crippen LogP contribution < -0.4 is 5.32 Å². The first-order valence-electron chi connectivity index (χ1n) is 6.48. The predicted molar refractivity (Wildman–Crippen MR) is 69.6 cm³/mol. The number of methoxy groups -OCH3 is 1. The van der Waals surface area contributed by atoms with Crippen molar-refractivity contribution in [1.29, 1.82) is 0 Å². The Kier molecular flexibility index (Phi) is 7.91. The molecule has 18 heavy (non-hydrogen) atoms. The second kappa shape index (κ2) is 9.27. The van der Waals surface area contributed by atoms with Crippen LogP contribution in [0.3, 0.4) is 0 Å². The molecule has 0 atom stereocenters. The Morgan fingerprint density at radius 1 is 1.11 bits per heavy atom. The number of rotatable bonds is 8. The van der Waals surface area contributed by atoms with Crippen LogP contribution in [0.4, 0.5) is 0 Å². The van der Waals surface area contributed by atoms with E-state index in [1.54, 1.807) is 14.2 Å². The van der Waals surface area contributed by atoms with Crippen LogP contribution in [0.2, 0.25) is 0 Å². The zero-order valence-corrected chi connectivity index (χ0v) is 11.5. The number of nitrogens with zero attached hydrogens (tertiary/aromatic N) is 2. The minimum atomic E-state index is 0.0892. The summed E-state index contributed by atoms with van der Waals surface area (Å²) in [5.74, 6) is 0.0892. The van der Waals surface area contributed by atoms with Crippen LogP contribution >= 0.6 is 0 Å². The Morgan fingerprint density at radius 3 is 2.39 bits per heavy atom. The van der Waals surface area contributed by atoms with E-state index >= 15 is 0 Å². The smallest absolute Gasteiger partial charge is 0.233 e. The first-order chi connectivity index (χ1) is 8.76. The quantitative estimate of drug-likeness (QED) is 0.568. The van der Waals surface area contributed by atoms with Gasteiger partial charge in [-0.25, -0.2) is 0 Å². The number of amides is 1. The lowest BCUT2D eigenvalue weighted by Crippen LogP contribution is -2.49. The summed E-state index contributed by atoms with van der Waals surface area (Å²) in [7, 11) is 3.35. The lowest BCUT2D eigenvalue weighted by Gasteiger charge is -2.34. The van der Waals surface area contributed by atoms with Gasteiger partial charge in [-0.2, -0.15) is 0 Å². The Hall–Kier alpha value is -0.690. The van der Waals surface area contributed by atoms with Crippen LogP contribution in [0, 0.1) is 0 Å². The van der Waals surface area contributed by atoms with Crippen molar-refractivity contribution in [3.63, 3.8) is 0 Å². The molecule has 1 heterocycles. The zero-order valence-electron chi connectivity index (χ0n) is 11.5. The van der Waals surface area contributed by atoms with Crippen molar-refractivity contribution in [3.8, 4) is 0 Å². The van der Waals surface area contributed by atoms with Gasteiger partial charge in [0.15, 0.2) is 0 Å². The van der Waals surface area contributed by atoms with Gasteiger partial charge in [0.05, 0.1) is 26.4 Å². The number of nitrogens with one attached hydrogen (secondary N) is 1. The Balaban J connectivity index is 2.03. The molecule has 1 rings (SSSR count). The molecular formula is C12H25N3O3. The summed E-state index contributed by atoms with van der Waals surface area (Å²) in [4.78, 5) is 15.8. The first-order valence-corrected chi connectivity index (χ1v) is 6.48. The molecule has 6 nitrogen and oxygen atoms in total. The highest BCUT2D eigenvalue weighted by Gasteiger charge is 2.17. The predicted octanol–water partition coefficient (Wildman–Crippen LogP) is -0.987. The van der Waals surface area contributed by atoms with Crippen LogP contribution in [0.15, 0.2) is 0 Å². The highest BCUT2D eigenvalue weighted by molar-refractivity contribution is 5.77. The van der Waals surface area contributed by atoms with E-state index in [4.69, 9.17) is 9.47 Å². The van der Waals surface area contributed by atoms with E-state index in [1.807, 2.05) is 0 Å². The highest BCUT2D eigenvalue weighted by atomic mass is 16.5. The van der Waals surface area contributed by atoms with Crippen LogP contribution in [0.25, 0.3) is 0 Å². The van der Waals surface area contributed by atoms with Crippen molar-refractivity contribution >= 4 is 5.91 Å². The topological polar surface area (TPSA) is 54.0 Å². The molecule has 1 aliphatic rings. The third-order valence-electron chi connectivity index (χ3n) is 3.09. The molecule has 0 aliphatic carbocycles. The van der Waals surface area contributed by atoms with Crippen LogP contribution in [0.5, 0.6) is 0 Å². The molecule has 1 fully saturated rings. The maximum absolute atomic E-state index is 11.2. The van der Waals surface area contributed by atoms with Crippen molar-refractivity contribution in [2.24, 2.45) is 0 Å². The molecule has 0 aromatic rings. The Labute approximate surface area is 109 Å². The van der Waals surface area contributed by atoms with Gasteiger partial charge < -0.3 is 14.8 Å². The van der Waals surface area contributed by atoms with Gasteiger partial charge in [-0.05, 0) is 0 Å². The van der Waals surface area contributed by atoms with E-state index in [1.165, 1.54) is 0 Å². The summed E-state index contributed by atoms with van der Waals surface area (Å²) in [5, 5.41) is 2.65. The van der Waals surface area contributed by atoms with Gasteiger partial charge >= 0.3 is 0 Å². The monoisotopic (exact) mass is 259 g/mol. The lowest BCUT2D eigenvalue weighted by molar-refractivity contribution is -0.122. The molecule has 0 radical (unpaired) electrons. The molecule has 0 aromatic heterocycles. The van der Waals surface area contributed by atoms with E-state index < -0.39 is 0 Å². The fraction of sp³-hybridized carbons (Fsp3) is 0.917. The van der Waals surface area contributed by atoms with E-state index in [-0.39, 0.29) is 5.91 Å². The van der Waals surface area contributed by atoms with Crippen LogP contribution in [-0.4, -0.2) is 89.0 Å². The molecule has 6 heteroatoms. The number of hydrogen-bond acceptors (Lipinski definition) is 5. The maximum atomic E-state index is 11.2. The van der Waals surface area contributed by atoms with Crippen molar-refractivity contribution in [1.82, 2.24) is 15.1 Å². The van der Waals surface area contributed by atoms with Gasteiger partial charge in [0.25, 0.3) is 0 Å². The number of piperazine rings is 1. The van der Waals surface area contributed by atoms with Crippen molar-refractivity contribution in [2.45, 2.75) is 0 Å². The number of likely N-dealkylation sites (N-methyl/N-ethyl adjacent to an activating group) is 1. The van der Waals surface area contributed by atoms with E-state index in [2.05, 4.69) is 15.1 Å². The summed E-state index contributed by atoms with van der Waals surface area (Å²) in [5.41, 5.74) is 0. The fourth-order valence-corrected chi connectivity index (χ4v) is 1.89. The van der Waals surface area contributed by atoms with Crippen molar-refractivity contribution in [3.05, 3.63) is 0 Å². The van der Waals surface area contributed by atoms with E-state index in [9.17, 15) is 4.79 Å². The van der Waals surface area contributed by atoms with Crippen molar-refractivity contribution < 1.29 is 14.3 Å². The second-order valence-electron chi connectivity index (χ2n) is 4.40. The largest absolute Gasteiger partial charge is 0.382 e. The third-order valence-corrected chi connectivity index (χ3v) is 3.09. The number of hydrogen-bond donors (Lipinski definition) is 1. The lowest BCUT2D eigenvalue weighted by atomic mass is 10.3. The highest BCUT2D eigenvalue weighted by Crippen LogP contribution is 2.00. The molecule has 1 N–H and O–H groups in total. The normalized spacial score (nSPS) is 17.9. The summed E-state index contributed by atoms with van der Waals surface area (Å²) in [6, 6.07) is 0. The maximum Gasteiger partial charge on any atom is 0.233 e. The van der Waals surface area contributed by atoms with Gasteiger partial charge in [-0.15, -0.1) is 0 Å². The number of ether oxygens (including phenoxy) is 2. The SMILES string of the molecule is CNC(=O)CN1CCN(CCOCCOC)CC1. The zero-order chi connectivity index (χ0) is 13.2. The van der Waals surface area contributed by atoms with E-state index in [0.29, 0.717) is 19.8 Å². The van der Waals surface area contributed by atoms with Crippen LogP contribution in [0.1, 0.15) is 0 Å². The molecule has 1 saturated heterocycles.